The minimum atomic E-state index is -0.259. The molecule has 28 heavy (non-hydrogen) atoms. The lowest BCUT2D eigenvalue weighted by atomic mass is 10.2. The Hall–Kier alpha value is -2.60. The van der Waals surface area contributed by atoms with Gasteiger partial charge in [-0.25, -0.2) is 0 Å². The highest BCUT2D eigenvalue weighted by molar-refractivity contribution is 7.80. The van der Waals surface area contributed by atoms with Gasteiger partial charge in [-0.3, -0.25) is 10.1 Å². The largest absolute Gasteiger partial charge is 0.491 e. The average molecular weight is 398 g/mol. The highest BCUT2D eigenvalue weighted by Crippen LogP contribution is 2.28. The summed E-state index contributed by atoms with van der Waals surface area (Å²) in [6, 6.07) is 15.2. The molecule has 1 aliphatic heterocycles. The minimum Gasteiger partial charge on any atom is -0.491 e. The number of thiocarbonyl (C=S) groups is 1. The lowest BCUT2D eigenvalue weighted by Gasteiger charge is -2.22. The Labute approximate surface area is 172 Å². The van der Waals surface area contributed by atoms with Crippen LogP contribution in [-0.2, 0) is 0 Å². The third kappa shape index (κ3) is 5.23. The number of nitrogens with zero attached hydrogens (tertiary/aromatic N) is 1. The molecule has 2 N–H and O–H groups in total. The standard InChI is InChI=1S/C22H27N3O2S/c1-3-16(2)27-18-10-8-9-17(15-18)21(26)24-22(28)23-19-11-4-5-12-20(19)25-13-6-7-14-25/h4-5,8-12,15-16H,3,6-7,13-14H2,1-2H3,(H2,23,24,26,28). The number of hydrogen-bond donors (Lipinski definition) is 2. The van der Waals surface area contributed by atoms with E-state index in [1.54, 1.807) is 12.1 Å². The van der Waals surface area contributed by atoms with Crippen molar-refractivity contribution in [3.05, 3.63) is 54.1 Å². The maximum Gasteiger partial charge on any atom is 0.257 e. The van der Waals surface area contributed by atoms with Gasteiger partial charge in [-0.2, -0.15) is 0 Å². The Morgan fingerprint density at radius 3 is 2.68 bits per heavy atom. The molecule has 1 unspecified atom stereocenters. The zero-order valence-corrected chi connectivity index (χ0v) is 17.2. The van der Waals surface area contributed by atoms with Crippen LogP contribution in [0.15, 0.2) is 48.5 Å². The molecule has 0 aromatic heterocycles. The van der Waals surface area contributed by atoms with Gasteiger partial charge in [0.25, 0.3) is 5.91 Å². The smallest absolute Gasteiger partial charge is 0.257 e. The number of amides is 1. The van der Waals surface area contributed by atoms with Gasteiger partial charge in [0.2, 0.25) is 0 Å². The van der Waals surface area contributed by atoms with Crippen LogP contribution in [0.25, 0.3) is 0 Å². The summed E-state index contributed by atoms with van der Waals surface area (Å²) in [5, 5.41) is 6.22. The molecule has 0 aliphatic carbocycles. The monoisotopic (exact) mass is 397 g/mol. The van der Waals surface area contributed by atoms with Crippen LogP contribution < -0.4 is 20.3 Å². The zero-order valence-electron chi connectivity index (χ0n) is 16.4. The fourth-order valence-corrected chi connectivity index (χ4v) is 3.37. The van der Waals surface area contributed by atoms with Gasteiger partial charge in [0.1, 0.15) is 5.75 Å². The molecule has 0 spiro atoms. The molecule has 1 saturated heterocycles. The van der Waals surface area contributed by atoms with Crippen LogP contribution >= 0.6 is 12.2 Å². The second-order valence-electron chi connectivity index (χ2n) is 6.98. The van der Waals surface area contributed by atoms with Gasteiger partial charge in [-0.15, -0.1) is 0 Å². The summed E-state index contributed by atoms with van der Waals surface area (Å²) in [4.78, 5) is 14.9. The molecule has 0 radical (unpaired) electrons. The molecule has 1 aliphatic rings. The van der Waals surface area contributed by atoms with Gasteiger partial charge in [0.15, 0.2) is 5.11 Å². The van der Waals surface area contributed by atoms with E-state index in [4.69, 9.17) is 17.0 Å². The van der Waals surface area contributed by atoms with Crippen molar-refractivity contribution in [2.45, 2.75) is 39.2 Å². The van der Waals surface area contributed by atoms with E-state index in [1.165, 1.54) is 12.8 Å². The normalized spacial score (nSPS) is 14.4. The first-order valence-corrected chi connectivity index (χ1v) is 10.2. The van der Waals surface area contributed by atoms with Crippen LogP contribution in [0.5, 0.6) is 5.75 Å². The van der Waals surface area contributed by atoms with Crippen molar-refractivity contribution >= 4 is 34.6 Å². The van der Waals surface area contributed by atoms with Gasteiger partial charge < -0.3 is 15.0 Å². The van der Waals surface area contributed by atoms with E-state index in [0.29, 0.717) is 11.3 Å². The van der Waals surface area contributed by atoms with Crippen molar-refractivity contribution in [2.24, 2.45) is 0 Å². The number of para-hydroxylation sites is 2. The fourth-order valence-electron chi connectivity index (χ4n) is 3.17. The Kier molecular flexibility index (Phi) is 6.87. The Morgan fingerprint density at radius 1 is 1.18 bits per heavy atom. The Morgan fingerprint density at radius 2 is 1.93 bits per heavy atom. The van der Waals surface area contributed by atoms with Crippen molar-refractivity contribution in [3.8, 4) is 5.75 Å². The molecule has 2 aromatic rings. The summed E-state index contributed by atoms with van der Waals surface area (Å²) in [6.07, 6.45) is 3.40. The SMILES string of the molecule is CCC(C)Oc1cccc(C(=O)NC(=S)Nc2ccccc2N2CCCC2)c1. The third-order valence-electron chi connectivity index (χ3n) is 4.83. The number of ether oxygens (including phenoxy) is 1. The second-order valence-corrected chi connectivity index (χ2v) is 7.39. The summed E-state index contributed by atoms with van der Waals surface area (Å²) in [5.41, 5.74) is 2.53. The van der Waals surface area contributed by atoms with Crippen LogP contribution in [0.2, 0.25) is 0 Å². The lowest BCUT2D eigenvalue weighted by Crippen LogP contribution is -2.34. The molecule has 1 heterocycles. The third-order valence-corrected chi connectivity index (χ3v) is 5.04. The van der Waals surface area contributed by atoms with E-state index < -0.39 is 0 Å². The summed E-state index contributed by atoms with van der Waals surface area (Å²) in [5.74, 6) is 0.422. The van der Waals surface area contributed by atoms with Gasteiger partial charge in [0.05, 0.1) is 17.5 Å². The number of benzene rings is 2. The number of carbonyl (C=O) groups is 1. The van der Waals surface area contributed by atoms with Crippen LogP contribution in [0.3, 0.4) is 0 Å². The first-order valence-electron chi connectivity index (χ1n) is 9.80. The molecule has 148 valence electrons. The zero-order chi connectivity index (χ0) is 19.9. The fraction of sp³-hybridized carbons (Fsp3) is 0.364. The lowest BCUT2D eigenvalue weighted by molar-refractivity contribution is 0.0977. The van der Waals surface area contributed by atoms with E-state index in [9.17, 15) is 4.79 Å². The molecular formula is C22H27N3O2S. The van der Waals surface area contributed by atoms with Crippen molar-refractivity contribution in [2.75, 3.05) is 23.3 Å². The average Bonchev–Trinajstić information content (AvgIpc) is 3.23. The van der Waals surface area contributed by atoms with Gasteiger partial charge >= 0.3 is 0 Å². The van der Waals surface area contributed by atoms with Crippen LogP contribution in [0.1, 0.15) is 43.5 Å². The molecule has 3 rings (SSSR count). The first-order chi connectivity index (χ1) is 13.6. The molecule has 2 aromatic carbocycles. The number of hydrogen-bond acceptors (Lipinski definition) is 4. The molecule has 5 nitrogen and oxygen atoms in total. The molecule has 1 fully saturated rings. The number of carbonyl (C=O) groups excluding carboxylic acids is 1. The summed E-state index contributed by atoms with van der Waals surface area (Å²) >= 11 is 5.38. The molecule has 0 bridgehead atoms. The van der Waals surface area contributed by atoms with Crippen LogP contribution in [-0.4, -0.2) is 30.2 Å². The molecule has 0 saturated carbocycles. The number of nitrogens with one attached hydrogen (secondary N) is 2. The van der Waals surface area contributed by atoms with Gasteiger partial charge in [0, 0.05) is 18.7 Å². The first kappa shape index (κ1) is 20.1. The molecular weight excluding hydrogens is 370 g/mol. The summed E-state index contributed by atoms with van der Waals surface area (Å²) in [7, 11) is 0. The number of anilines is 2. The topological polar surface area (TPSA) is 53.6 Å². The van der Waals surface area contributed by atoms with Gasteiger partial charge in [-0.1, -0.05) is 25.1 Å². The summed E-state index contributed by atoms with van der Waals surface area (Å²) in [6.45, 7) is 6.15. The molecule has 6 heteroatoms. The molecule has 1 atom stereocenters. The van der Waals surface area contributed by atoms with E-state index >= 15 is 0 Å². The number of rotatable bonds is 6. The van der Waals surface area contributed by atoms with Gasteiger partial charge in [-0.05, 0) is 68.7 Å². The van der Waals surface area contributed by atoms with Crippen LogP contribution in [0, 0.1) is 0 Å². The van der Waals surface area contributed by atoms with E-state index in [2.05, 4.69) is 28.5 Å². The minimum absolute atomic E-state index is 0.100. The summed E-state index contributed by atoms with van der Waals surface area (Å²) < 4.78 is 5.79. The Balaban J connectivity index is 1.64. The maximum absolute atomic E-state index is 12.6. The van der Waals surface area contributed by atoms with E-state index in [0.717, 1.165) is 30.9 Å². The van der Waals surface area contributed by atoms with Crippen molar-refractivity contribution < 1.29 is 9.53 Å². The van der Waals surface area contributed by atoms with Crippen molar-refractivity contribution in [1.82, 2.24) is 5.32 Å². The predicted molar refractivity (Wildman–Crippen MR) is 118 cm³/mol. The van der Waals surface area contributed by atoms with Crippen molar-refractivity contribution in [1.29, 1.82) is 0 Å². The maximum atomic E-state index is 12.6. The van der Waals surface area contributed by atoms with E-state index in [-0.39, 0.29) is 17.1 Å². The van der Waals surface area contributed by atoms with Crippen molar-refractivity contribution in [3.63, 3.8) is 0 Å². The quantitative estimate of drug-likeness (QED) is 0.698. The molecule has 1 amide bonds. The highest BCUT2D eigenvalue weighted by atomic mass is 32.1. The Bertz CT molecular complexity index is 834. The highest BCUT2D eigenvalue weighted by Gasteiger charge is 2.16. The predicted octanol–water partition coefficient (Wildman–Crippen LogP) is 4.59. The van der Waals surface area contributed by atoms with Crippen LogP contribution in [0.4, 0.5) is 11.4 Å². The second kappa shape index (κ2) is 9.55. The van der Waals surface area contributed by atoms with E-state index in [1.807, 2.05) is 37.3 Å².